The van der Waals surface area contributed by atoms with Crippen LogP contribution in [0.3, 0.4) is 0 Å². The third-order valence-electron chi connectivity index (χ3n) is 3.16. The topological polar surface area (TPSA) is 47.5 Å². The van der Waals surface area contributed by atoms with Gasteiger partial charge in [0.05, 0.1) is 11.9 Å². The summed E-state index contributed by atoms with van der Waals surface area (Å²) in [5.74, 6) is 2.50. The first-order chi connectivity index (χ1) is 9.72. The Morgan fingerprint density at radius 1 is 1.15 bits per heavy atom. The molecule has 1 aliphatic heterocycles. The van der Waals surface area contributed by atoms with Crippen LogP contribution in [0.1, 0.15) is 11.3 Å². The number of ether oxygens (including phenoxy) is 2. The van der Waals surface area contributed by atoms with Crippen LogP contribution in [0.5, 0.6) is 11.5 Å². The summed E-state index contributed by atoms with van der Waals surface area (Å²) in [5.41, 5.74) is 2.07. The molecule has 104 valence electrons. The van der Waals surface area contributed by atoms with Crippen molar-refractivity contribution in [2.75, 3.05) is 25.2 Å². The van der Waals surface area contributed by atoms with Gasteiger partial charge in [0.1, 0.15) is 19.0 Å². The average Bonchev–Trinajstić information content (AvgIpc) is 2.47. The summed E-state index contributed by atoms with van der Waals surface area (Å²) in [5, 5.41) is 0. The van der Waals surface area contributed by atoms with E-state index >= 15 is 0 Å². The van der Waals surface area contributed by atoms with Crippen molar-refractivity contribution >= 4 is 5.82 Å². The van der Waals surface area contributed by atoms with Gasteiger partial charge in [-0.25, -0.2) is 4.98 Å². The number of aryl methyl sites for hydroxylation is 1. The van der Waals surface area contributed by atoms with Crippen molar-refractivity contribution in [3.63, 3.8) is 0 Å². The highest BCUT2D eigenvalue weighted by molar-refractivity contribution is 5.45. The Hall–Kier alpha value is -2.30. The Labute approximate surface area is 118 Å². The quantitative estimate of drug-likeness (QED) is 0.856. The number of rotatable bonds is 3. The zero-order chi connectivity index (χ0) is 13.9. The fourth-order valence-corrected chi connectivity index (χ4v) is 2.18. The lowest BCUT2D eigenvalue weighted by Crippen LogP contribution is -2.19. The first-order valence-electron chi connectivity index (χ1n) is 6.61. The molecule has 0 aliphatic carbocycles. The van der Waals surface area contributed by atoms with Crippen LogP contribution in [0.2, 0.25) is 0 Å². The van der Waals surface area contributed by atoms with Crippen LogP contribution in [0.15, 0.2) is 30.6 Å². The molecular formula is C15H17N3O2. The Balaban J connectivity index is 1.77. The molecule has 20 heavy (non-hydrogen) atoms. The largest absolute Gasteiger partial charge is 0.486 e. The lowest BCUT2D eigenvalue weighted by molar-refractivity contribution is 0.171. The number of hydrogen-bond donors (Lipinski definition) is 0. The van der Waals surface area contributed by atoms with Crippen LogP contribution in [-0.4, -0.2) is 30.2 Å². The molecule has 0 saturated heterocycles. The fraction of sp³-hybridized carbons (Fsp3) is 0.333. The summed E-state index contributed by atoms with van der Waals surface area (Å²) in [4.78, 5) is 10.7. The standard InChI is InChI=1S/C15H17N3O2/c1-11-8-16-9-15(17-11)18(2)10-12-3-4-13-14(7-12)20-6-5-19-13/h3-4,7-9H,5-6,10H2,1-2H3. The molecule has 2 aromatic rings. The summed E-state index contributed by atoms with van der Waals surface area (Å²) in [6.45, 7) is 3.91. The fourth-order valence-electron chi connectivity index (χ4n) is 2.18. The highest BCUT2D eigenvalue weighted by Crippen LogP contribution is 2.31. The first-order valence-corrected chi connectivity index (χ1v) is 6.61. The number of aromatic nitrogens is 2. The van der Waals surface area contributed by atoms with Crippen LogP contribution in [0, 0.1) is 6.92 Å². The van der Waals surface area contributed by atoms with Gasteiger partial charge in [-0.1, -0.05) is 6.07 Å². The summed E-state index contributed by atoms with van der Waals surface area (Å²) >= 11 is 0. The molecule has 5 nitrogen and oxygen atoms in total. The normalized spacial score (nSPS) is 13.1. The minimum Gasteiger partial charge on any atom is -0.486 e. The van der Waals surface area contributed by atoms with E-state index in [1.54, 1.807) is 12.4 Å². The van der Waals surface area contributed by atoms with Gasteiger partial charge in [-0.3, -0.25) is 4.98 Å². The summed E-state index contributed by atoms with van der Waals surface area (Å²) in [7, 11) is 2.00. The Morgan fingerprint density at radius 2 is 1.95 bits per heavy atom. The van der Waals surface area contributed by atoms with E-state index in [1.165, 1.54) is 0 Å². The summed E-state index contributed by atoms with van der Waals surface area (Å²) < 4.78 is 11.1. The van der Waals surface area contributed by atoms with Crippen LogP contribution in [-0.2, 0) is 6.54 Å². The lowest BCUT2D eigenvalue weighted by Gasteiger charge is -2.21. The van der Waals surface area contributed by atoms with Gasteiger partial charge in [0.15, 0.2) is 11.5 Å². The van der Waals surface area contributed by atoms with Crippen molar-refractivity contribution in [1.82, 2.24) is 9.97 Å². The smallest absolute Gasteiger partial charge is 0.161 e. The van der Waals surface area contributed by atoms with Crippen molar-refractivity contribution in [3.05, 3.63) is 41.9 Å². The minimum absolute atomic E-state index is 0.607. The van der Waals surface area contributed by atoms with E-state index in [0.29, 0.717) is 13.2 Å². The molecule has 5 heteroatoms. The second kappa shape index (κ2) is 5.36. The van der Waals surface area contributed by atoms with Gasteiger partial charge in [-0.05, 0) is 24.6 Å². The molecule has 1 aliphatic rings. The molecule has 0 saturated carbocycles. The maximum atomic E-state index is 5.60. The maximum Gasteiger partial charge on any atom is 0.161 e. The Bertz CT molecular complexity index is 616. The highest BCUT2D eigenvalue weighted by Gasteiger charge is 2.12. The van der Waals surface area contributed by atoms with Gasteiger partial charge in [-0.15, -0.1) is 0 Å². The maximum absolute atomic E-state index is 5.60. The van der Waals surface area contributed by atoms with E-state index in [1.807, 2.05) is 32.2 Å². The van der Waals surface area contributed by atoms with Gasteiger partial charge in [0.2, 0.25) is 0 Å². The molecule has 0 spiro atoms. The van der Waals surface area contributed by atoms with E-state index in [2.05, 4.69) is 14.9 Å². The van der Waals surface area contributed by atoms with Gasteiger partial charge < -0.3 is 14.4 Å². The molecule has 0 fully saturated rings. The molecule has 0 bridgehead atoms. The highest BCUT2D eigenvalue weighted by atomic mass is 16.6. The third kappa shape index (κ3) is 2.66. The SMILES string of the molecule is Cc1cncc(N(C)Cc2ccc3c(c2)OCCO3)n1. The lowest BCUT2D eigenvalue weighted by atomic mass is 10.2. The molecule has 3 rings (SSSR count). The number of nitrogens with zero attached hydrogens (tertiary/aromatic N) is 3. The first kappa shape index (κ1) is 12.7. The summed E-state index contributed by atoms with van der Waals surface area (Å²) in [6.07, 6.45) is 3.52. The second-order valence-electron chi connectivity index (χ2n) is 4.85. The van der Waals surface area contributed by atoms with E-state index in [9.17, 15) is 0 Å². The Morgan fingerprint density at radius 3 is 2.75 bits per heavy atom. The van der Waals surface area contributed by atoms with Gasteiger partial charge in [0, 0.05) is 19.8 Å². The Kier molecular flexibility index (Phi) is 3.41. The van der Waals surface area contributed by atoms with Gasteiger partial charge in [-0.2, -0.15) is 0 Å². The van der Waals surface area contributed by atoms with Crippen LogP contribution in [0.25, 0.3) is 0 Å². The molecule has 1 aromatic heterocycles. The van der Waals surface area contributed by atoms with Crippen molar-refractivity contribution in [2.24, 2.45) is 0 Å². The second-order valence-corrected chi connectivity index (χ2v) is 4.85. The number of fused-ring (bicyclic) bond motifs is 1. The number of anilines is 1. The molecular weight excluding hydrogens is 254 g/mol. The van der Waals surface area contributed by atoms with Gasteiger partial charge >= 0.3 is 0 Å². The predicted molar refractivity (Wildman–Crippen MR) is 76.3 cm³/mol. The molecule has 1 aromatic carbocycles. The number of hydrogen-bond acceptors (Lipinski definition) is 5. The summed E-state index contributed by atoms with van der Waals surface area (Å²) in [6, 6.07) is 6.03. The zero-order valence-corrected chi connectivity index (χ0v) is 11.7. The van der Waals surface area contributed by atoms with E-state index < -0.39 is 0 Å². The van der Waals surface area contributed by atoms with Gasteiger partial charge in [0.25, 0.3) is 0 Å². The van der Waals surface area contributed by atoms with Crippen molar-refractivity contribution in [2.45, 2.75) is 13.5 Å². The van der Waals surface area contributed by atoms with Crippen LogP contribution in [0.4, 0.5) is 5.82 Å². The zero-order valence-electron chi connectivity index (χ0n) is 11.7. The van der Waals surface area contributed by atoms with Crippen LogP contribution >= 0.6 is 0 Å². The molecule has 0 amide bonds. The monoisotopic (exact) mass is 271 g/mol. The average molecular weight is 271 g/mol. The molecule has 2 heterocycles. The van der Waals surface area contributed by atoms with E-state index in [4.69, 9.17) is 9.47 Å². The number of benzene rings is 1. The van der Waals surface area contributed by atoms with Crippen molar-refractivity contribution in [3.8, 4) is 11.5 Å². The van der Waals surface area contributed by atoms with Crippen LogP contribution < -0.4 is 14.4 Å². The molecule has 0 radical (unpaired) electrons. The predicted octanol–water partition coefficient (Wildman–Crippen LogP) is 2.19. The molecule has 0 atom stereocenters. The van der Waals surface area contributed by atoms with Crippen molar-refractivity contribution < 1.29 is 9.47 Å². The van der Waals surface area contributed by atoms with E-state index in [0.717, 1.165) is 35.1 Å². The van der Waals surface area contributed by atoms with Crippen molar-refractivity contribution in [1.29, 1.82) is 0 Å². The molecule has 0 N–H and O–H groups in total. The molecule has 0 unspecified atom stereocenters. The third-order valence-corrected chi connectivity index (χ3v) is 3.16. The van der Waals surface area contributed by atoms with E-state index in [-0.39, 0.29) is 0 Å². The minimum atomic E-state index is 0.607.